The quantitative estimate of drug-likeness (QED) is 0.398. The van der Waals surface area contributed by atoms with Crippen molar-refractivity contribution in [3.05, 3.63) is 59.7 Å². The fourth-order valence-electron chi connectivity index (χ4n) is 2.14. The molecule has 0 atom stereocenters. The minimum Gasteiger partial charge on any atom is -0.508 e. The van der Waals surface area contributed by atoms with Gasteiger partial charge in [-0.3, -0.25) is 0 Å². The van der Waals surface area contributed by atoms with Crippen molar-refractivity contribution in [2.75, 3.05) is 13.2 Å². The first kappa shape index (κ1) is 28.6. The van der Waals surface area contributed by atoms with Crippen LogP contribution in [0, 0.1) is 11.8 Å². The molecule has 0 saturated carbocycles. The summed E-state index contributed by atoms with van der Waals surface area (Å²) >= 11 is 0. The van der Waals surface area contributed by atoms with E-state index in [1.54, 1.807) is 24.3 Å². The Labute approximate surface area is 197 Å². The van der Waals surface area contributed by atoms with Crippen LogP contribution in [0.25, 0.3) is 0 Å². The molecule has 2 N–H and O–H groups in total. The molecule has 7 heteroatoms. The monoisotopic (exact) mass is 480 g/mol. The van der Waals surface area contributed by atoms with E-state index in [1.807, 2.05) is 0 Å². The molecule has 0 unspecified atom stereocenters. The van der Waals surface area contributed by atoms with Crippen LogP contribution in [-0.4, -0.2) is 35.4 Å². The van der Waals surface area contributed by atoms with Crippen LogP contribution in [0.3, 0.4) is 0 Å². The number of rotatable bonds is 8. The van der Waals surface area contributed by atoms with Crippen LogP contribution in [0.1, 0.15) is 61.3 Å². The Kier molecular flexibility index (Phi) is 14.2. The normalized spacial score (nSPS) is 10.0. The van der Waals surface area contributed by atoms with Crippen LogP contribution in [0.2, 0.25) is 0 Å². The molecule has 0 aliphatic rings. The average Bonchev–Trinajstić information content (AvgIpc) is 2.69. The van der Waals surface area contributed by atoms with E-state index in [2.05, 4.69) is 27.7 Å². The van der Waals surface area contributed by atoms with Crippen LogP contribution in [0.4, 0.5) is 0 Å². The summed E-state index contributed by atoms with van der Waals surface area (Å²) in [5.41, 5.74) is 0.938. The number of carbonyl (C=O) groups is 2. The molecular weight excluding hydrogens is 450 g/mol. The van der Waals surface area contributed by atoms with Gasteiger partial charge in [0, 0.05) is 19.5 Å². The second-order valence-corrected chi connectivity index (χ2v) is 7.73. The summed E-state index contributed by atoms with van der Waals surface area (Å²) in [5, 5.41) is 18.1. The maximum Gasteiger partial charge on any atom is 0.338 e. The Morgan fingerprint density at radius 3 is 1.23 bits per heavy atom. The number of hydrogen-bond donors (Lipinski definition) is 2. The van der Waals surface area contributed by atoms with Gasteiger partial charge in [0.1, 0.15) is 11.5 Å². The smallest absolute Gasteiger partial charge is 0.338 e. The number of esters is 2. The van der Waals surface area contributed by atoms with Crippen LogP contribution < -0.4 is 0 Å². The van der Waals surface area contributed by atoms with Crippen LogP contribution in [-0.2, 0) is 29.0 Å². The van der Waals surface area contributed by atoms with E-state index in [9.17, 15) is 9.59 Å². The molecule has 0 bridgehead atoms. The molecule has 166 valence electrons. The average molecular weight is 482 g/mol. The first-order valence-electron chi connectivity index (χ1n) is 10.1. The van der Waals surface area contributed by atoms with E-state index in [1.165, 1.54) is 24.3 Å². The first-order valence-corrected chi connectivity index (χ1v) is 10.1. The number of phenols is 2. The van der Waals surface area contributed by atoms with Gasteiger partial charge >= 0.3 is 11.9 Å². The van der Waals surface area contributed by atoms with Crippen molar-refractivity contribution < 1.29 is 48.8 Å². The summed E-state index contributed by atoms with van der Waals surface area (Å²) in [6.45, 7) is 9.19. The zero-order valence-corrected chi connectivity index (χ0v) is 21.8. The Morgan fingerprint density at radius 1 is 0.677 bits per heavy atom. The van der Waals surface area contributed by atoms with E-state index in [4.69, 9.17) is 19.7 Å². The van der Waals surface area contributed by atoms with Crippen LogP contribution in [0.15, 0.2) is 48.5 Å². The predicted octanol–water partition coefficient (Wildman–Crippen LogP) is 5.19. The molecule has 0 aromatic heterocycles. The third-order valence-corrected chi connectivity index (χ3v) is 4.06. The first-order chi connectivity index (χ1) is 14.2. The fraction of sp³-hybridized carbons (Fsp3) is 0.417. The summed E-state index contributed by atoms with van der Waals surface area (Å²) in [7, 11) is 0. The van der Waals surface area contributed by atoms with Gasteiger partial charge in [0.25, 0.3) is 0 Å². The van der Waals surface area contributed by atoms with Crippen LogP contribution in [0.5, 0.6) is 11.5 Å². The van der Waals surface area contributed by atoms with E-state index in [-0.39, 0.29) is 42.9 Å². The molecule has 0 fully saturated rings. The number of phenolic OH excluding ortho intramolecular Hbond substituents is 2. The topological polar surface area (TPSA) is 93.1 Å². The minimum atomic E-state index is -0.337. The SMILES string of the molecule is CC(C)CCOC(=O)c1ccc(O)cc1.CC(C)CCOC(=O)c1ccc(O)cc1.[Zn]. The van der Waals surface area contributed by atoms with Crippen molar-refractivity contribution in [2.24, 2.45) is 11.8 Å². The Bertz CT molecular complexity index is 702. The van der Waals surface area contributed by atoms with Gasteiger partial charge in [-0.2, -0.15) is 0 Å². The molecule has 0 heterocycles. The standard InChI is InChI=1S/2C12H16O3.Zn/c2*1-9(2)7-8-15-12(14)10-3-5-11(13)6-4-10;/h2*3-6,9,13H,7-8H2,1-2H3;. The van der Waals surface area contributed by atoms with Gasteiger partial charge < -0.3 is 19.7 Å². The van der Waals surface area contributed by atoms with Gasteiger partial charge in [0.2, 0.25) is 0 Å². The molecule has 0 aliphatic heterocycles. The van der Waals surface area contributed by atoms with Crippen molar-refractivity contribution in [3.8, 4) is 11.5 Å². The predicted molar refractivity (Wildman–Crippen MR) is 116 cm³/mol. The second-order valence-electron chi connectivity index (χ2n) is 7.73. The summed E-state index contributed by atoms with van der Waals surface area (Å²) in [6, 6.07) is 12.1. The second kappa shape index (κ2) is 15.4. The van der Waals surface area contributed by atoms with Gasteiger partial charge in [-0.05, 0) is 73.2 Å². The molecule has 0 aliphatic carbocycles. The van der Waals surface area contributed by atoms with Crippen molar-refractivity contribution in [1.29, 1.82) is 0 Å². The summed E-state index contributed by atoms with van der Waals surface area (Å²) in [6.07, 6.45) is 1.73. The molecular formula is C24H32O6Zn. The minimum absolute atomic E-state index is 0. The maximum absolute atomic E-state index is 11.4. The van der Waals surface area contributed by atoms with Gasteiger partial charge in [-0.15, -0.1) is 0 Å². The van der Waals surface area contributed by atoms with Crippen molar-refractivity contribution in [1.82, 2.24) is 0 Å². The van der Waals surface area contributed by atoms with E-state index >= 15 is 0 Å². The maximum atomic E-state index is 11.4. The third-order valence-electron chi connectivity index (χ3n) is 4.06. The van der Waals surface area contributed by atoms with Gasteiger partial charge in [0.15, 0.2) is 0 Å². The van der Waals surface area contributed by atoms with E-state index < -0.39 is 0 Å². The molecule has 0 spiro atoms. The molecule has 0 saturated heterocycles. The number of hydrogen-bond acceptors (Lipinski definition) is 6. The molecule has 0 amide bonds. The largest absolute Gasteiger partial charge is 0.508 e. The zero-order chi connectivity index (χ0) is 22.5. The Hall–Kier alpha value is -2.40. The van der Waals surface area contributed by atoms with Crippen molar-refractivity contribution in [2.45, 2.75) is 40.5 Å². The molecule has 31 heavy (non-hydrogen) atoms. The van der Waals surface area contributed by atoms with E-state index in [0.29, 0.717) is 36.2 Å². The number of ether oxygens (including phenoxy) is 2. The number of aromatic hydroxyl groups is 2. The van der Waals surface area contributed by atoms with Gasteiger partial charge in [-0.1, -0.05) is 27.7 Å². The number of benzene rings is 2. The van der Waals surface area contributed by atoms with Crippen molar-refractivity contribution >= 4 is 11.9 Å². The third kappa shape index (κ3) is 12.8. The molecule has 2 rings (SSSR count). The van der Waals surface area contributed by atoms with Gasteiger partial charge in [-0.25, -0.2) is 9.59 Å². The van der Waals surface area contributed by atoms with E-state index in [0.717, 1.165) is 12.8 Å². The summed E-state index contributed by atoms with van der Waals surface area (Å²) < 4.78 is 10.1. The number of carbonyl (C=O) groups excluding carboxylic acids is 2. The molecule has 6 nitrogen and oxygen atoms in total. The van der Waals surface area contributed by atoms with Gasteiger partial charge in [0.05, 0.1) is 24.3 Å². The summed E-state index contributed by atoms with van der Waals surface area (Å²) in [4.78, 5) is 22.9. The molecule has 2 aromatic rings. The van der Waals surface area contributed by atoms with Crippen LogP contribution >= 0.6 is 0 Å². The Balaban J connectivity index is 0.000000562. The summed E-state index contributed by atoms with van der Waals surface area (Å²) in [5.74, 6) is 0.670. The molecule has 0 radical (unpaired) electrons. The zero-order valence-electron chi connectivity index (χ0n) is 18.8. The fourth-order valence-corrected chi connectivity index (χ4v) is 2.14. The van der Waals surface area contributed by atoms with Crippen molar-refractivity contribution in [3.63, 3.8) is 0 Å². The Morgan fingerprint density at radius 2 is 0.968 bits per heavy atom. The molecule has 2 aromatic carbocycles.